The third-order valence-corrected chi connectivity index (χ3v) is 3.86. The standard InChI is InChI=1S/C16H15ClN2O2/c1-10-4-6-18-9-14(10)19-16(20)12-5-7-21-15-3-2-11(17)8-13(12)15/h2-4,6,8-9,12H,5,7H2,1H3,(H,19,20)/t12-/m1/s1. The van der Waals surface area contributed by atoms with E-state index in [0.29, 0.717) is 18.1 Å². The van der Waals surface area contributed by atoms with Gasteiger partial charge in [-0.05, 0) is 43.2 Å². The molecule has 21 heavy (non-hydrogen) atoms. The van der Waals surface area contributed by atoms with E-state index < -0.39 is 0 Å². The number of carbonyl (C=O) groups excluding carboxylic acids is 1. The second-order valence-electron chi connectivity index (χ2n) is 5.05. The monoisotopic (exact) mass is 302 g/mol. The summed E-state index contributed by atoms with van der Waals surface area (Å²) >= 11 is 6.03. The van der Waals surface area contributed by atoms with E-state index >= 15 is 0 Å². The molecule has 2 aromatic rings. The van der Waals surface area contributed by atoms with E-state index in [1.807, 2.05) is 19.1 Å². The summed E-state index contributed by atoms with van der Waals surface area (Å²) in [5, 5.41) is 3.55. The molecule has 1 amide bonds. The number of nitrogens with zero attached hydrogens (tertiary/aromatic N) is 1. The van der Waals surface area contributed by atoms with Gasteiger partial charge >= 0.3 is 0 Å². The van der Waals surface area contributed by atoms with Crippen molar-refractivity contribution in [2.45, 2.75) is 19.3 Å². The second-order valence-corrected chi connectivity index (χ2v) is 5.49. The Balaban J connectivity index is 1.87. The minimum absolute atomic E-state index is 0.0575. The predicted molar refractivity (Wildman–Crippen MR) is 81.9 cm³/mol. The van der Waals surface area contributed by atoms with Crippen LogP contribution in [0, 0.1) is 6.92 Å². The number of halogens is 1. The van der Waals surface area contributed by atoms with Gasteiger partial charge in [0.1, 0.15) is 5.75 Å². The lowest BCUT2D eigenvalue weighted by molar-refractivity contribution is -0.118. The van der Waals surface area contributed by atoms with Crippen molar-refractivity contribution in [3.05, 3.63) is 52.8 Å². The Morgan fingerprint density at radius 3 is 3.10 bits per heavy atom. The number of carbonyl (C=O) groups is 1. The zero-order valence-electron chi connectivity index (χ0n) is 11.6. The van der Waals surface area contributed by atoms with Gasteiger partial charge in [-0.15, -0.1) is 0 Å². The zero-order chi connectivity index (χ0) is 14.8. The Morgan fingerprint density at radius 1 is 1.43 bits per heavy atom. The maximum absolute atomic E-state index is 12.6. The SMILES string of the molecule is Cc1ccncc1NC(=O)[C@@H]1CCOc2ccc(Cl)cc21. The maximum atomic E-state index is 12.6. The molecule has 5 heteroatoms. The molecule has 1 N–H and O–H groups in total. The van der Waals surface area contributed by atoms with Crippen LogP contribution in [0.3, 0.4) is 0 Å². The number of benzene rings is 1. The van der Waals surface area contributed by atoms with Crippen molar-refractivity contribution >= 4 is 23.2 Å². The average molecular weight is 303 g/mol. The summed E-state index contributed by atoms with van der Waals surface area (Å²) in [4.78, 5) is 16.6. The summed E-state index contributed by atoms with van der Waals surface area (Å²) in [5.41, 5.74) is 2.56. The number of fused-ring (bicyclic) bond motifs is 1. The van der Waals surface area contributed by atoms with E-state index in [1.165, 1.54) is 0 Å². The van der Waals surface area contributed by atoms with Gasteiger partial charge in [0, 0.05) is 16.8 Å². The van der Waals surface area contributed by atoms with Crippen LogP contribution in [-0.2, 0) is 4.79 Å². The molecule has 3 rings (SSSR count). The van der Waals surface area contributed by atoms with Crippen molar-refractivity contribution in [2.75, 3.05) is 11.9 Å². The van der Waals surface area contributed by atoms with Crippen molar-refractivity contribution in [3.8, 4) is 5.75 Å². The van der Waals surface area contributed by atoms with Crippen LogP contribution in [0.5, 0.6) is 5.75 Å². The molecule has 2 heterocycles. The van der Waals surface area contributed by atoms with E-state index in [4.69, 9.17) is 16.3 Å². The van der Waals surface area contributed by atoms with Crippen LogP contribution < -0.4 is 10.1 Å². The van der Waals surface area contributed by atoms with Crippen LogP contribution in [-0.4, -0.2) is 17.5 Å². The van der Waals surface area contributed by atoms with Crippen molar-refractivity contribution in [3.63, 3.8) is 0 Å². The summed E-state index contributed by atoms with van der Waals surface area (Å²) < 4.78 is 5.58. The number of ether oxygens (including phenoxy) is 1. The first-order chi connectivity index (χ1) is 10.1. The summed E-state index contributed by atoms with van der Waals surface area (Å²) in [6.07, 6.45) is 4.00. The van der Waals surface area contributed by atoms with E-state index in [2.05, 4.69) is 10.3 Å². The minimum Gasteiger partial charge on any atom is -0.493 e. The fourth-order valence-corrected chi connectivity index (χ4v) is 2.63. The fraction of sp³-hybridized carbons (Fsp3) is 0.250. The van der Waals surface area contributed by atoms with Gasteiger partial charge in [0.2, 0.25) is 5.91 Å². The van der Waals surface area contributed by atoms with Gasteiger partial charge < -0.3 is 10.1 Å². The Labute approximate surface area is 128 Å². The van der Waals surface area contributed by atoms with Crippen LogP contribution >= 0.6 is 11.6 Å². The molecule has 0 spiro atoms. The third-order valence-electron chi connectivity index (χ3n) is 3.62. The van der Waals surface area contributed by atoms with Gasteiger partial charge in [-0.1, -0.05) is 11.6 Å². The molecule has 0 saturated heterocycles. The van der Waals surface area contributed by atoms with E-state index in [1.54, 1.807) is 24.5 Å². The Kier molecular flexibility index (Phi) is 3.80. The number of aromatic nitrogens is 1. The quantitative estimate of drug-likeness (QED) is 0.923. The smallest absolute Gasteiger partial charge is 0.232 e. The normalized spacial score (nSPS) is 16.8. The summed E-state index contributed by atoms with van der Waals surface area (Å²) in [6, 6.07) is 7.25. The number of aryl methyl sites for hydroxylation is 1. The van der Waals surface area contributed by atoms with Gasteiger partial charge in [0.15, 0.2) is 0 Å². The van der Waals surface area contributed by atoms with E-state index in [0.717, 1.165) is 22.6 Å². The molecule has 0 radical (unpaired) electrons. The van der Waals surface area contributed by atoms with E-state index in [9.17, 15) is 4.79 Å². The van der Waals surface area contributed by atoms with E-state index in [-0.39, 0.29) is 11.8 Å². The van der Waals surface area contributed by atoms with Gasteiger partial charge in [-0.25, -0.2) is 0 Å². The molecule has 1 aliphatic rings. The highest BCUT2D eigenvalue weighted by atomic mass is 35.5. The molecular formula is C16H15ClN2O2. The Hall–Kier alpha value is -2.07. The first-order valence-electron chi connectivity index (χ1n) is 6.79. The molecular weight excluding hydrogens is 288 g/mol. The minimum atomic E-state index is -0.257. The number of pyridine rings is 1. The highest BCUT2D eigenvalue weighted by Gasteiger charge is 2.28. The van der Waals surface area contributed by atoms with Crippen molar-refractivity contribution in [2.24, 2.45) is 0 Å². The van der Waals surface area contributed by atoms with Gasteiger partial charge in [0.05, 0.1) is 24.4 Å². The molecule has 1 aromatic heterocycles. The Bertz CT molecular complexity index is 688. The molecule has 1 aromatic carbocycles. The third kappa shape index (κ3) is 2.85. The van der Waals surface area contributed by atoms with Crippen molar-refractivity contribution in [1.82, 2.24) is 4.98 Å². The lowest BCUT2D eigenvalue weighted by atomic mass is 9.92. The highest BCUT2D eigenvalue weighted by molar-refractivity contribution is 6.30. The highest BCUT2D eigenvalue weighted by Crippen LogP contribution is 2.36. The number of amides is 1. The number of hydrogen-bond acceptors (Lipinski definition) is 3. The van der Waals surface area contributed by atoms with Crippen molar-refractivity contribution < 1.29 is 9.53 Å². The largest absolute Gasteiger partial charge is 0.493 e. The first kappa shape index (κ1) is 13.9. The van der Waals surface area contributed by atoms with Gasteiger partial charge in [-0.3, -0.25) is 9.78 Å². The zero-order valence-corrected chi connectivity index (χ0v) is 12.4. The second kappa shape index (κ2) is 5.74. The molecule has 0 bridgehead atoms. The van der Waals surface area contributed by atoms with Crippen LogP contribution in [0.15, 0.2) is 36.7 Å². The average Bonchev–Trinajstić information content (AvgIpc) is 2.49. The lowest BCUT2D eigenvalue weighted by Gasteiger charge is -2.25. The van der Waals surface area contributed by atoms with Crippen molar-refractivity contribution in [1.29, 1.82) is 0 Å². The van der Waals surface area contributed by atoms with Crippen LogP contribution in [0.2, 0.25) is 5.02 Å². The predicted octanol–water partition coefficient (Wildman–Crippen LogP) is 3.55. The molecule has 108 valence electrons. The number of nitrogens with one attached hydrogen (secondary N) is 1. The number of rotatable bonds is 2. The van der Waals surface area contributed by atoms with Crippen LogP contribution in [0.1, 0.15) is 23.5 Å². The summed E-state index contributed by atoms with van der Waals surface area (Å²) in [7, 11) is 0. The lowest BCUT2D eigenvalue weighted by Crippen LogP contribution is -2.26. The van der Waals surface area contributed by atoms with Crippen LogP contribution in [0.25, 0.3) is 0 Å². The molecule has 0 unspecified atom stereocenters. The number of anilines is 1. The molecule has 4 nitrogen and oxygen atoms in total. The fourth-order valence-electron chi connectivity index (χ4n) is 2.45. The summed E-state index contributed by atoms with van der Waals surface area (Å²) in [6.45, 7) is 2.46. The number of hydrogen-bond donors (Lipinski definition) is 1. The summed E-state index contributed by atoms with van der Waals surface area (Å²) in [5.74, 6) is 0.415. The maximum Gasteiger partial charge on any atom is 0.232 e. The molecule has 1 aliphatic heterocycles. The first-order valence-corrected chi connectivity index (χ1v) is 7.16. The molecule has 0 saturated carbocycles. The molecule has 0 aliphatic carbocycles. The van der Waals surface area contributed by atoms with Crippen LogP contribution in [0.4, 0.5) is 5.69 Å². The van der Waals surface area contributed by atoms with Gasteiger partial charge in [-0.2, -0.15) is 0 Å². The van der Waals surface area contributed by atoms with Gasteiger partial charge in [0.25, 0.3) is 0 Å². The molecule has 0 fully saturated rings. The molecule has 1 atom stereocenters. The topological polar surface area (TPSA) is 51.2 Å². The Morgan fingerprint density at radius 2 is 2.29 bits per heavy atom.